The Morgan fingerprint density at radius 2 is 2.05 bits per heavy atom. The van der Waals surface area contributed by atoms with E-state index in [-0.39, 0.29) is 18.1 Å². The fraction of sp³-hybridized carbons (Fsp3) is 0.154. The molecule has 0 bridgehead atoms. The van der Waals surface area contributed by atoms with Gasteiger partial charge in [-0.05, 0) is 12.1 Å². The zero-order valence-electron chi connectivity index (χ0n) is 10.6. The number of nitrogens with zero attached hydrogens (tertiary/aromatic N) is 2. The van der Waals surface area contributed by atoms with Crippen LogP contribution in [0.15, 0.2) is 36.4 Å². The second-order valence-corrected chi connectivity index (χ2v) is 5.87. The van der Waals surface area contributed by atoms with Crippen molar-refractivity contribution in [1.29, 1.82) is 0 Å². The summed E-state index contributed by atoms with van der Waals surface area (Å²) in [6.07, 6.45) is 0. The molecule has 5 nitrogen and oxygen atoms in total. The van der Waals surface area contributed by atoms with Gasteiger partial charge in [0.15, 0.2) is 0 Å². The van der Waals surface area contributed by atoms with E-state index in [0.717, 1.165) is 0 Å². The van der Waals surface area contributed by atoms with Crippen molar-refractivity contribution in [3.8, 4) is 0 Å². The summed E-state index contributed by atoms with van der Waals surface area (Å²) >= 11 is 6.98. The number of nitro groups is 1. The van der Waals surface area contributed by atoms with Crippen molar-refractivity contribution < 1.29 is 9.72 Å². The number of halogens is 1. The quantitative estimate of drug-likeness (QED) is 0.640. The monoisotopic (exact) mass is 310 g/mol. The van der Waals surface area contributed by atoms with Crippen LogP contribution in [-0.2, 0) is 6.54 Å². The maximum atomic E-state index is 12.2. The number of amides is 1. The van der Waals surface area contributed by atoms with Gasteiger partial charge >= 0.3 is 0 Å². The van der Waals surface area contributed by atoms with Crippen LogP contribution in [0, 0.1) is 10.1 Å². The third-order valence-electron chi connectivity index (χ3n) is 2.73. The van der Waals surface area contributed by atoms with Crippen LogP contribution < -0.4 is 0 Å². The molecule has 20 heavy (non-hydrogen) atoms. The van der Waals surface area contributed by atoms with E-state index in [0.29, 0.717) is 14.8 Å². The second kappa shape index (κ2) is 6.02. The molecule has 0 fully saturated rings. The lowest BCUT2D eigenvalue weighted by Gasteiger charge is -2.16. The number of hydrogen-bond donors (Lipinski definition) is 0. The lowest BCUT2D eigenvalue weighted by atomic mass is 10.1. The van der Waals surface area contributed by atoms with Crippen LogP contribution in [0.1, 0.15) is 15.2 Å². The van der Waals surface area contributed by atoms with E-state index in [1.54, 1.807) is 37.4 Å². The minimum absolute atomic E-state index is 0.0105. The smallest absolute Gasteiger partial charge is 0.274 e. The second-order valence-electron chi connectivity index (χ2n) is 4.15. The molecule has 1 amide bonds. The van der Waals surface area contributed by atoms with Crippen molar-refractivity contribution in [3.05, 3.63) is 61.3 Å². The average Bonchev–Trinajstić information content (AvgIpc) is 2.84. The van der Waals surface area contributed by atoms with E-state index < -0.39 is 4.92 Å². The lowest BCUT2D eigenvalue weighted by Crippen LogP contribution is -2.25. The molecule has 1 heterocycles. The molecule has 2 aromatic rings. The van der Waals surface area contributed by atoms with Crippen molar-refractivity contribution in [2.45, 2.75) is 6.54 Å². The van der Waals surface area contributed by atoms with Gasteiger partial charge in [-0.2, -0.15) is 0 Å². The fourth-order valence-corrected chi connectivity index (χ4v) is 2.81. The van der Waals surface area contributed by atoms with Crippen LogP contribution in [0.2, 0.25) is 4.34 Å². The minimum atomic E-state index is -0.449. The fourth-order valence-electron chi connectivity index (χ4n) is 1.77. The Kier molecular flexibility index (Phi) is 4.36. The molecular weight excluding hydrogens is 300 g/mol. The maximum Gasteiger partial charge on any atom is 0.274 e. The van der Waals surface area contributed by atoms with Crippen LogP contribution in [0.5, 0.6) is 0 Å². The number of thiophene rings is 1. The Labute approximate surface area is 124 Å². The van der Waals surface area contributed by atoms with Gasteiger partial charge in [-0.3, -0.25) is 14.9 Å². The first-order valence-electron chi connectivity index (χ1n) is 5.72. The van der Waals surface area contributed by atoms with Crippen molar-refractivity contribution in [2.75, 3.05) is 7.05 Å². The van der Waals surface area contributed by atoms with Crippen LogP contribution in [0.3, 0.4) is 0 Å². The maximum absolute atomic E-state index is 12.2. The zero-order valence-corrected chi connectivity index (χ0v) is 12.1. The van der Waals surface area contributed by atoms with E-state index in [1.807, 2.05) is 0 Å². The number of rotatable bonds is 4. The van der Waals surface area contributed by atoms with Gasteiger partial charge in [-0.15, -0.1) is 11.3 Å². The Morgan fingerprint density at radius 3 is 2.65 bits per heavy atom. The van der Waals surface area contributed by atoms with Crippen LogP contribution in [-0.4, -0.2) is 22.8 Å². The molecule has 0 unspecified atom stereocenters. The van der Waals surface area contributed by atoms with Gasteiger partial charge in [0.25, 0.3) is 11.6 Å². The average molecular weight is 311 g/mol. The predicted octanol–water partition coefficient (Wildman–Crippen LogP) is 3.58. The third-order valence-corrected chi connectivity index (χ3v) is 3.95. The SMILES string of the molecule is CN(Cc1ccccc1[N+](=O)[O-])C(=O)c1ccc(Cl)s1. The standard InChI is InChI=1S/C13H11ClN2O3S/c1-15(13(17)11-6-7-12(14)20-11)8-9-4-2-3-5-10(9)16(18)19/h2-7H,8H2,1H3. The highest BCUT2D eigenvalue weighted by Crippen LogP contribution is 2.24. The summed E-state index contributed by atoms with van der Waals surface area (Å²) in [5.41, 5.74) is 0.507. The van der Waals surface area contributed by atoms with Gasteiger partial charge in [-0.1, -0.05) is 29.8 Å². The first-order chi connectivity index (χ1) is 9.49. The minimum Gasteiger partial charge on any atom is -0.336 e. The summed E-state index contributed by atoms with van der Waals surface area (Å²) in [6.45, 7) is 0.172. The van der Waals surface area contributed by atoms with Gasteiger partial charge in [0.1, 0.15) is 0 Å². The van der Waals surface area contributed by atoms with E-state index in [4.69, 9.17) is 11.6 Å². The number of benzene rings is 1. The topological polar surface area (TPSA) is 63.4 Å². The molecule has 0 N–H and O–H groups in total. The predicted molar refractivity (Wildman–Crippen MR) is 78.2 cm³/mol. The van der Waals surface area contributed by atoms with Crippen LogP contribution >= 0.6 is 22.9 Å². The first kappa shape index (κ1) is 14.5. The third kappa shape index (κ3) is 3.15. The first-order valence-corrected chi connectivity index (χ1v) is 6.91. The summed E-state index contributed by atoms with van der Waals surface area (Å²) in [7, 11) is 1.60. The molecule has 0 aliphatic carbocycles. The van der Waals surface area contributed by atoms with Crippen molar-refractivity contribution in [2.24, 2.45) is 0 Å². The van der Waals surface area contributed by atoms with E-state index in [2.05, 4.69) is 0 Å². The van der Waals surface area contributed by atoms with Crippen molar-refractivity contribution in [3.63, 3.8) is 0 Å². The molecule has 1 aromatic carbocycles. The van der Waals surface area contributed by atoms with Crippen molar-refractivity contribution in [1.82, 2.24) is 4.90 Å². The molecule has 2 rings (SSSR count). The number of hydrogen-bond acceptors (Lipinski definition) is 4. The number of carbonyl (C=O) groups is 1. The molecule has 0 radical (unpaired) electrons. The van der Waals surface area contributed by atoms with Crippen LogP contribution in [0.4, 0.5) is 5.69 Å². The summed E-state index contributed by atoms with van der Waals surface area (Å²) in [4.78, 5) is 24.6. The Morgan fingerprint density at radius 1 is 1.35 bits per heavy atom. The highest BCUT2D eigenvalue weighted by molar-refractivity contribution is 7.17. The normalized spacial score (nSPS) is 10.3. The summed E-state index contributed by atoms with van der Waals surface area (Å²) in [6, 6.07) is 9.67. The molecule has 0 saturated heterocycles. The number of para-hydroxylation sites is 1. The van der Waals surface area contributed by atoms with Crippen LogP contribution in [0.25, 0.3) is 0 Å². The highest BCUT2D eigenvalue weighted by atomic mass is 35.5. The Hall–Kier alpha value is -1.92. The van der Waals surface area contributed by atoms with E-state index >= 15 is 0 Å². The van der Waals surface area contributed by atoms with Gasteiger partial charge in [0, 0.05) is 18.7 Å². The molecule has 104 valence electrons. The summed E-state index contributed by atoms with van der Waals surface area (Å²) in [5.74, 6) is -0.208. The number of carbonyl (C=O) groups excluding carboxylic acids is 1. The van der Waals surface area contributed by atoms with E-state index in [9.17, 15) is 14.9 Å². The molecule has 0 saturated carbocycles. The van der Waals surface area contributed by atoms with Gasteiger partial charge in [-0.25, -0.2) is 0 Å². The molecule has 0 aliphatic heterocycles. The van der Waals surface area contributed by atoms with Gasteiger partial charge < -0.3 is 4.90 Å². The summed E-state index contributed by atoms with van der Waals surface area (Å²) in [5, 5.41) is 10.9. The molecule has 7 heteroatoms. The van der Waals surface area contributed by atoms with Gasteiger partial charge in [0.2, 0.25) is 0 Å². The zero-order chi connectivity index (χ0) is 14.7. The molecular formula is C13H11ClN2O3S. The Balaban J connectivity index is 2.18. The molecule has 0 spiro atoms. The van der Waals surface area contributed by atoms with E-state index in [1.165, 1.54) is 22.3 Å². The molecule has 0 atom stereocenters. The van der Waals surface area contributed by atoms with Gasteiger partial charge in [0.05, 0.1) is 20.7 Å². The highest BCUT2D eigenvalue weighted by Gasteiger charge is 2.18. The Bertz CT molecular complexity index is 657. The molecule has 1 aromatic heterocycles. The largest absolute Gasteiger partial charge is 0.336 e. The lowest BCUT2D eigenvalue weighted by molar-refractivity contribution is -0.385. The molecule has 0 aliphatic rings. The van der Waals surface area contributed by atoms with Crippen molar-refractivity contribution >= 4 is 34.5 Å². The summed E-state index contributed by atoms with van der Waals surface area (Å²) < 4.78 is 0.535. The number of nitro benzene ring substituents is 1.